The zero-order valence-corrected chi connectivity index (χ0v) is 12.8. The van der Waals surface area contributed by atoms with Gasteiger partial charge in [0.05, 0.1) is 11.5 Å². The summed E-state index contributed by atoms with van der Waals surface area (Å²) in [4.78, 5) is 0.303. The van der Waals surface area contributed by atoms with Crippen LogP contribution in [-0.2, 0) is 19.7 Å². The molecule has 0 radical (unpaired) electrons. The molecule has 0 amide bonds. The monoisotopic (exact) mass is 270 g/mol. The highest BCUT2D eigenvalue weighted by atomic mass is 32.2. The predicted octanol–water partition coefficient (Wildman–Crippen LogP) is 3.33. The van der Waals surface area contributed by atoms with Crippen LogP contribution < -0.4 is 0 Å². The van der Waals surface area contributed by atoms with Crippen LogP contribution in [0, 0.1) is 13.8 Å². The molecule has 1 rings (SSSR count). The van der Waals surface area contributed by atoms with E-state index in [0.29, 0.717) is 4.90 Å². The molecule has 0 fully saturated rings. The maximum atomic E-state index is 12.0. The van der Waals surface area contributed by atoms with E-state index in [1.54, 1.807) is 6.92 Å². The Kier molecular flexibility index (Phi) is 4.23. The Morgan fingerprint density at radius 2 is 1.56 bits per heavy atom. The molecule has 4 heteroatoms. The summed E-state index contributed by atoms with van der Waals surface area (Å²) in [5.41, 5.74) is 2.62. The van der Waals surface area contributed by atoms with Gasteiger partial charge in [-0.25, -0.2) is 0 Å². The second kappa shape index (κ2) is 5.02. The Hall–Kier alpha value is -0.870. The Bertz CT molecular complexity index is 514. The van der Waals surface area contributed by atoms with Gasteiger partial charge in [-0.3, -0.25) is 4.18 Å². The lowest BCUT2D eigenvalue weighted by molar-refractivity contribution is 0.337. The molecule has 0 aliphatic heterocycles. The van der Waals surface area contributed by atoms with Crippen LogP contribution in [0.15, 0.2) is 17.0 Å². The first-order valence-electron chi connectivity index (χ1n) is 6.10. The molecule has 0 saturated carbocycles. The molecule has 0 bridgehead atoms. The van der Waals surface area contributed by atoms with E-state index >= 15 is 0 Å². The minimum atomic E-state index is -3.63. The molecule has 18 heavy (non-hydrogen) atoms. The second-order valence-corrected chi connectivity index (χ2v) is 7.10. The van der Waals surface area contributed by atoms with Crippen molar-refractivity contribution in [2.24, 2.45) is 0 Å². The molecule has 0 saturated heterocycles. The smallest absolute Gasteiger partial charge is 0.267 e. The zero-order valence-electron chi connectivity index (χ0n) is 12.0. The number of hydrogen-bond acceptors (Lipinski definition) is 3. The molecule has 0 unspecified atom stereocenters. The zero-order chi connectivity index (χ0) is 14.1. The van der Waals surface area contributed by atoms with Gasteiger partial charge >= 0.3 is 0 Å². The van der Waals surface area contributed by atoms with Crippen molar-refractivity contribution >= 4 is 10.1 Å². The lowest BCUT2D eigenvalue weighted by Gasteiger charge is -2.22. The van der Waals surface area contributed by atoms with Gasteiger partial charge in [0.25, 0.3) is 10.1 Å². The quantitative estimate of drug-likeness (QED) is 0.791. The first-order chi connectivity index (χ1) is 8.09. The maximum Gasteiger partial charge on any atom is 0.297 e. The summed E-state index contributed by atoms with van der Waals surface area (Å²) in [6, 6.07) is 3.86. The summed E-state index contributed by atoms with van der Waals surface area (Å²) in [6.45, 7) is 11.8. The SMILES string of the molecule is CCOS(=O)(=O)c1c(C)cc(C(C)(C)C)cc1C. The van der Waals surface area contributed by atoms with E-state index in [0.717, 1.165) is 16.7 Å². The highest BCUT2D eigenvalue weighted by Gasteiger charge is 2.23. The van der Waals surface area contributed by atoms with Gasteiger partial charge in [0.15, 0.2) is 0 Å². The fourth-order valence-electron chi connectivity index (χ4n) is 1.99. The lowest BCUT2D eigenvalue weighted by atomic mass is 9.85. The summed E-state index contributed by atoms with van der Waals surface area (Å²) < 4.78 is 28.9. The molecule has 0 N–H and O–H groups in total. The van der Waals surface area contributed by atoms with Crippen molar-refractivity contribution in [3.8, 4) is 0 Å². The van der Waals surface area contributed by atoms with Gasteiger partial charge in [0.2, 0.25) is 0 Å². The van der Waals surface area contributed by atoms with Crippen molar-refractivity contribution in [1.29, 1.82) is 0 Å². The number of benzene rings is 1. The molecule has 102 valence electrons. The molecular weight excluding hydrogens is 248 g/mol. The van der Waals surface area contributed by atoms with E-state index in [1.807, 2.05) is 26.0 Å². The van der Waals surface area contributed by atoms with E-state index in [4.69, 9.17) is 4.18 Å². The number of hydrogen-bond donors (Lipinski definition) is 0. The third kappa shape index (κ3) is 3.12. The van der Waals surface area contributed by atoms with E-state index in [-0.39, 0.29) is 12.0 Å². The Morgan fingerprint density at radius 3 is 1.89 bits per heavy atom. The van der Waals surface area contributed by atoms with Crippen LogP contribution in [0.3, 0.4) is 0 Å². The van der Waals surface area contributed by atoms with Gasteiger partial charge in [0.1, 0.15) is 0 Å². The summed E-state index contributed by atoms with van der Waals surface area (Å²) in [6.07, 6.45) is 0. The number of aryl methyl sites for hydroxylation is 2. The highest BCUT2D eigenvalue weighted by molar-refractivity contribution is 7.86. The Balaban J connectivity index is 3.43. The average molecular weight is 270 g/mol. The second-order valence-electron chi connectivity index (χ2n) is 5.55. The van der Waals surface area contributed by atoms with Crippen LogP contribution in [0.25, 0.3) is 0 Å². The molecule has 0 atom stereocenters. The van der Waals surface area contributed by atoms with Gasteiger partial charge in [-0.2, -0.15) is 8.42 Å². The highest BCUT2D eigenvalue weighted by Crippen LogP contribution is 2.29. The topological polar surface area (TPSA) is 43.4 Å². The standard InChI is InChI=1S/C14H22O3S/c1-7-17-18(15,16)13-10(2)8-12(9-11(13)3)14(4,5)6/h8-9H,7H2,1-6H3. The molecule has 1 aromatic rings. The minimum Gasteiger partial charge on any atom is -0.267 e. The van der Waals surface area contributed by atoms with Crippen LogP contribution in [0.5, 0.6) is 0 Å². The molecule has 3 nitrogen and oxygen atoms in total. The molecule has 0 heterocycles. The van der Waals surface area contributed by atoms with E-state index in [2.05, 4.69) is 20.8 Å². The van der Waals surface area contributed by atoms with Gasteiger partial charge < -0.3 is 0 Å². The largest absolute Gasteiger partial charge is 0.297 e. The van der Waals surface area contributed by atoms with Crippen molar-refractivity contribution in [3.63, 3.8) is 0 Å². The predicted molar refractivity (Wildman–Crippen MR) is 73.4 cm³/mol. The van der Waals surface area contributed by atoms with Crippen molar-refractivity contribution in [3.05, 3.63) is 28.8 Å². The molecule has 1 aromatic carbocycles. The van der Waals surface area contributed by atoms with Gasteiger partial charge in [0, 0.05) is 0 Å². The van der Waals surface area contributed by atoms with Crippen LogP contribution in [-0.4, -0.2) is 15.0 Å². The summed E-state index contributed by atoms with van der Waals surface area (Å²) in [5, 5.41) is 0. The fourth-order valence-corrected chi connectivity index (χ4v) is 3.33. The molecular formula is C14H22O3S. The summed E-state index contributed by atoms with van der Waals surface area (Å²) >= 11 is 0. The fraction of sp³-hybridized carbons (Fsp3) is 0.571. The van der Waals surface area contributed by atoms with Crippen molar-refractivity contribution in [1.82, 2.24) is 0 Å². The Morgan fingerprint density at radius 1 is 1.11 bits per heavy atom. The van der Waals surface area contributed by atoms with Gasteiger partial charge in [-0.05, 0) is 42.9 Å². The third-order valence-electron chi connectivity index (χ3n) is 2.85. The average Bonchev–Trinajstić information content (AvgIpc) is 2.13. The van der Waals surface area contributed by atoms with E-state index < -0.39 is 10.1 Å². The normalized spacial score (nSPS) is 12.8. The van der Waals surface area contributed by atoms with Crippen molar-refractivity contribution in [2.45, 2.75) is 51.9 Å². The first-order valence-corrected chi connectivity index (χ1v) is 7.51. The van der Waals surface area contributed by atoms with Crippen LogP contribution in [0.1, 0.15) is 44.4 Å². The molecule has 0 aliphatic carbocycles. The Labute approximate surface area is 110 Å². The molecule has 0 aromatic heterocycles. The minimum absolute atomic E-state index is 0.00340. The van der Waals surface area contributed by atoms with Gasteiger partial charge in [-0.1, -0.05) is 32.9 Å². The number of rotatable bonds is 3. The lowest BCUT2D eigenvalue weighted by Crippen LogP contribution is -2.15. The van der Waals surface area contributed by atoms with E-state index in [9.17, 15) is 8.42 Å². The molecule has 0 aliphatic rings. The van der Waals surface area contributed by atoms with E-state index in [1.165, 1.54) is 0 Å². The first kappa shape index (κ1) is 15.2. The third-order valence-corrected chi connectivity index (χ3v) is 4.54. The van der Waals surface area contributed by atoms with Crippen molar-refractivity contribution in [2.75, 3.05) is 6.61 Å². The van der Waals surface area contributed by atoms with Crippen LogP contribution >= 0.6 is 0 Å². The van der Waals surface area contributed by atoms with Crippen LogP contribution in [0.4, 0.5) is 0 Å². The van der Waals surface area contributed by atoms with Crippen LogP contribution in [0.2, 0.25) is 0 Å². The molecule has 0 spiro atoms. The van der Waals surface area contributed by atoms with Crippen molar-refractivity contribution < 1.29 is 12.6 Å². The maximum absolute atomic E-state index is 12.0. The summed E-state index contributed by atoms with van der Waals surface area (Å²) in [5.74, 6) is 0. The summed E-state index contributed by atoms with van der Waals surface area (Å²) in [7, 11) is -3.63. The van der Waals surface area contributed by atoms with Gasteiger partial charge in [-0.15, -0.1) is 0 Å².